The lowest BCUT2D eigenvalue weighted by Crippen LogP contribution is -2.46. The first kappa shape index (κ1) is 14.2. The van der Waals surface area contributed by atoms with E-state index in [1.807, 2.05) is 19.2 Å². The number of hydrogen-bond donors (Lipinski definition) is 1. The summed E-state index contributed by atoms with van der Waals surface area (Å²) in [4.78, 5) is 2.27. The third-order valence-electron chi connectivity index (χ3n) is 3.85. The fourth-order valence-corrected chi connectivity index (χ4v) is 2.66. The zero-order chi connectivity index (χ0) is 13.7. The van der Waals surface area contributed by atoms with Gasteiger partial charge in [0.1, 0.15) is 5.75 Å². The van der Waals surface area contributed by atoms with Crippen molar-refractivity contribution in [2.24, 2.45) is 5.92 Å². The van der Waals surface area contributed by atoms with Crippen LogP contribution in [0.5, 0.6) is 5.75 Å². The topological polar surface area (TPSA) is 33.7 Å². The van der Waals surface area contributed by atoms with Crippen LogP contribution in [0.4, 0.5) is 5.69 Å². The number of ether oxygens (including phenoxy) is 2. The first-order valence-electron chi connectivity index (χ1n) is 6.84. The second-order valence-corrected chi connectivity index (χ2v) is 5.10. The van der Waals surface area contributed by atoms with Crippen LogP contribution >= 0.6 is 0 Å². The summed E-state index contributed by atoms with van der Waals surface area (Å²) in [5.74, 6) is 1.42. The molecule has 1 aliphatic rings. The van der Waals surface area contributed by atoms with E-state index in [0.717, 1.165) is 31.9 Å². The van der Waals surface area contributed by atoms with Gasteiger partial charge in [0.15, 0.2) is 0 Å². The highest BCUT2D eigenvalue weighted by Crippen LogP contribution is 2.23. The maximum atomic E-state index is 5.60. The van der Waals surface area contributed by atoms with Gasteiger partial charge in [0, 0.05) is 43.9 Å². The van der Waals surface area contributed by atoms with Crippen molar-refractivity contribution in [3.8, 4) is 5.75 Å². The molecule has 2 unspecified atom stereocenters. The van der Waals surface area contributed by atoms with Crippen LogP contribution in [-0.4, -0.2) is 47.0 Å². The molecule has 19 heavy (non-hydrogen) atoms. The van der Waals surface area contributed by atoms with E-state index >= 15 is 0 Å². The third kappa shape index (κ3) is 3.61. The van der Waals surface area contributed by atoms with Crippen molar-refractivity contribution in [1.82, 2.24) is 5.32 Å². The zero-order valence-corrected chi connectivity index (χ0v) is 12.1. The molecule has 2 rings (SSSR count). The molecule has 0 amide bonds. The zero-order valence-electron chi connectivity index (χ0n) is 12.1. The van der Waals surface area contributed by atoms with Gasteiger partial charge in [-0.3, -0.25) is 0 Å². The van der Waals surface area contributed by atoms with Crippen molar-refractivity contribution < 1.29 is 9.47 Å². The first-order valence-corrected chi connectivity index (χ1v) is 6.84. The Labute approximate surface area is 115 Å². The minimum absolute atomic E-state index is 0.523. The van der Waals surface area contributed by atoms with E-state index < -0.39 is 0 Å². The highest BCUT2D eigenvalue weighted by molar-refractivity contribution is 5.50. The molecular formula is C15H24N2O2. The summed E-state index contributed by atoms with van der Waals surface area (Å²) in [6.07, 6.45) is 1.09. The molecule has 1 aromatic carbocycles. The normalized spacial score (nSPS) is 23.1. The number of nitrogens with zero attached hydrogens (tertiary/aromatic N) is 1. The van der Waals surface area contributed by atoms with Crippen LogP contribution in [0.1, 0.15) is 6.42 Å². The molecule has 0 bridgehead atoms. The minimum atomic E-state index is 0.523. The van der Waals surface area contributed by atoms with Gasteiger partial charge in [-0.25, -0.2) is 0 Å². The summed E-state index contributed by atoms with van der Waals surface area (Å²) in [6.45, 7) is 2.68. The molecule has 106 valence electrons. The van der Waals surface area contributed by atoms with Gasteiger partial charge in [0.05, 0.1) is 13.7 Å². The molecular weight excluding hydrogens is 240 g/mol. The van der Waals surface area contributed by atoms with Crippen molar-refractivity contribution in [2.75, 3.05) is 45.9 Å². The van der Waals surface area contributed by atoms with Crippen LogP contribution in [0.3, 0.4) is 0 Å². The Bertz CT molecular complexity index is 397. The van der Waals surface area contributed by atoms with Gasteiger partial charge in [-0.15, -0.1) is 0 Å². The van der Waals surface area contributed by atoms with Crippen LogP contribution in [0, 0.1) is 5.92 Å². The summed E-state index contributed by atoms with van der Waals surface area (Å²) in [6, 6.07) is 8.72. The van der Waals surface area contributed by atoms with Crippen LogP contribution < -0.4 is 15.0 Å². The molecule has 1 aromatic rings. The molecule has 1 aliphatic heterocycles. The van der Waals surface area contributed by atoms with Crippen molar-refractivity contribution in [3.05, 3.63) is 24.3 Å². The SMILES string of the molecule is CNC1CCOCC1CN(C)c1cccc(OC)c1. The summed E-state index contributed by atoms with van der Waals surface area (Å²) in [7, 11) is 5.86. The van der Waals surface area contributed by atoms with E-state index in [-0.39, 0.29) is 0 Å². The van der Waals surface area contributed by atoms with Crippen LogP contribution in [0.25, 0.3) is 0 Å². The van der Waals surface area contributed by atoms with Crippen molar-refractivity contribution in [2.45, 2.75) is 12.5 Å². The number of rotatable bonds is 5. The van der Waals surface area contributed by atoms with Crippen LogP contribution in [-0.2, 0) is 4.74 Å². The van der Waals surface area contributed by atoms with Gasteiger partial charge < -0.3 is 19.7 Å². The van der Waals surface area contributed by atoms with Crippen LogP contribution in [0.2, 0.25) is 0 Å². The Hall–Kier alpha value is -1.26. The van der Waals surface area contributed by atoms with Crippen molar-refractivity contribution in [1.29, 1.82) is 0 Å². The lowest BCUT2D eigenvalue weighted by molar-refractivity contribution is 0.0371. The first-order chi connectivity index (χ1) is 9.24. The molecule has 0 aromatic heterocycles. The molecule has 1 N–H and O–H groups in total. The average Bonchev–Trinajstić information content (AvgIpc) is 2.47. The highest BCUT2D eigenvalue weighted by atomic mass is 16.5. The quantitative estimate of drug-likeness (QED) is 0.878. The van der Waals surface area contributed by atoms with Gasteiger partial charge in [0.25, 0.3) is 0 Å². The Kier molecular flexibility index (Phi) is 5.05. The number of benzene rings is 1. The van der Waals surface area contributed by atoms with E-state index in [9.17, 15) is 0 Å². The molecule has 0 saturated carbocycles. The fraction of sp³-hybridized carbons (Fsp3) is 0.600. The van der Waals surface area contributed by atoms with Crippen molar-refractivity contribution >= 4 is 5.69 Å². The van der Waals surface area contributed by atoms with Gasteiger partial charge in [-0.05, 0) is 25.6 Å². The third-order valence-corrected chi connectivity index (χ3v) is 3.85. The molecule has 4 nitrogen and oxygen atoms in total. The smallest absolute Gasteiger partial charge is 0.120 e. The Morgan fingerprint density at radius 1 is 1.47 bits per heavy atom. The van der Waals surface area contributed by atoms with E-state index in [2.05, 4.69) is 29.4 Å². The van der Waals surface area contributed by atoms with E-state index in [1.165, 1.54) is 5.69 Å². The summed E-state index contributed by atoms with van der Waals surface area (Å²) in [5, 5.41) is 3.40. The molecule has 0 spiro atoms. The lowest BCUT2D eigenvalue weighted by Gasteiger charge is -2.34. The van der Waals surface area contributed by atoms with E-state index in [0.29, 0.717) is 12.0 Å². The molecule has 1 fully saturated rings. The Balaban J connectivity index is 2.00. The summed E-state index contributed by atoms with van der Waals surface area (Å²) in [5.41, 5.74) is 1.18. The number of hydrogen-bond acceptors (Lipinski definition) is 4. The van der Waals surface area contributed by atoms with Crippen molar-refractivity contribution in [3.63, 3.8) is 0 Å². The summed E-state index contributed by atoms with van der Waals surface area (Å²) >= 11 is 0. The minimum Gasteiger partial charge on any atom is -0.497 e. The molecule has 1 saturated heterocycles. The molecule has 1 heterocycles. The van der Waals surface area contributed by atoms with E-state index in [4.69, 9.17) is 9.47 Å². The molecule has 0 radical (unpaired) electrons. The lowest BCUT2D eigenvalue weighted by atomic mass is 9.95. The second-order valence-electron chi connectivity index (χ2n) is 5.10. The van der Waals surface area contributed by atoms with E-state index in [1.54, 1.807) is 7.11 Å². The predicted octanol–water partition coefficient (Wildman–Crippen LogP) is 1.76. The van der Waals surface area contributed by atoms with Gasteiger partial charge in [-0.1, -0.05) is 6.07 Å². The average molecular weight is 264 g/mol. The molecule has 2 atom stereocenters. The maximum Gasteiger partial charge on any atom is 0.120 e. The maximum absolute atomic E-state index is 5.60. The monoisotopic (exact) mass is 264 g/mol. The van der Waals surface area contributed by atoms with Crippen LogP contribution in [0.15, 0.2) is 24.3 Å². The Morgan fingerprint density at radius 3 is 3.05 bits per heavy atom. The number of anilines is 1. The van der Waals surface area contributed by atoms with Gasteiger partial charge in [0.2, 0.25) is 0 Å². The number of nitrogens with one attached hydrogen (secondary N) is 1. The number of methoxy groups -OCH3 is 1. The van der Waals surface area contributed by atoms with Gasteiger partial charge >= 0.3 is 0 Å². The molecule has 4 heteroatoms. The Morgan fingerprint density at radius 2 is 2.32 bits per heavy atom. The second kappa shape index (κ2) is 6.78. The summed E-state index contributed by atoms with van der Waals surface area (Å²) < 4.78 is 10.9. The predicted molar refractivity (Wildman–Crippen MR) is 78.0 cm³/mol. The standard InChI is InChI=1S/C15H24N2O2/c1-16-15-7-8-19-11-12(15)10-17(2)13-5-4-6-14(9-13)18-3/h4-6,9,12,15-16H,7-8,10-11H2,1-3H3. The fourth-order valence-electron chi connectivity index (χ4n) is 2.66. The largest absolute Gasteiger partial charge is 0.497 e. The highest BCUT2D eigenvalue weighted by Gasteiger charge is 2.25. The molecule has 0 aliphatic carbocycles. The van der Waals surface area contributed by atoms with Gasteiger partial charge in [-0.2, -0.15) is 0 Å².